The van der Waals surface area contributed by atoms with Crippen LogP contribution < -0.4 is 15.6 Å². The topological polar surface area (TPSA) is 165 Å². The second-order valence-electron chi connectivity index (χ2n) is 16.0. The second-order valence-corrected chi connectivity index (χ2v) is 26.2. The molecule has 2 aliphatic heterocycles. The SMILES string of the molecule is CCOC(=O)C[C@@]1(SCc2ccc(OC)cc2)[C@@H]2O[Si](C(C)C)(C(C)C)O[Si](C(C)C)(C(C)C)OC[C@H]2O[C@H]1n1cnc2c(=O)[nH]c(NC(=O)C(C)C)nc21. The summed E-state index contributed by atoms with van der Waals surface area (Å²) in [6, 6.07) is 7.78. The second kappa shape index (κ2) is 17.2. The van der Waals surface area contributed by atoms with Crippen LogP contribution in [0.4, 0.5) is 5.95 Å². The van der Waals surface area contributed by atoms with Crippen molar-refractivity contribution >= 4 is 57.9 Å². The number of hydrogen-bond acceptors (Lipinski definition) is 12. The molecule has 3 aromatic rings. The summed E-state index contributed by atoms with van der Waals surface area (Å²) in [5.74, 6) is 0.0675. The molecule has 4 atom stereocenters. The number of imidazole rings is 1. The summed E-state index contributed by atoms with van der Waals surface area (Å²) in [5.41, 5.74) is 0.921. The number of fused-ring (bicyclic) bond motifs is 2. The molecule has 0 saturated carbocycles. The minimum Gasteiger partial charge on any atom is -0.497 e. The van der Waals surface area contributed by atoms with Crippen molar-refractivity contribution in [3.05, 3.63) is 46.5 Å². The summed E-state index contributed by atoms with van der Waals surface area (Å²) in [5, 5.41) is 2.71. The highest BCUT2D eigenvalue weighted by Gasteiger charge is 2.67. The third-order valence-electron chi connectivity index (χ3n) is 10.7. The zero-order chi connectivity index (χ0) is 40.5. The quantitative estimate of drug-likeness (QED) is 0.124. The minimum absolute atomic E-state index is 0.00610. The number of anilines is 1. The van der Waals surface area contributed by atoms with Crippen LogP contribution in [-0.2, 0) is 37.8 Å². The Labute approximate surface area is 330 Å². The Morgan fingerprint density at radius 3 is 2.22 bits per heavy atom. The normalized spacial score (nSPS) is 23.7. The van der Waals surface area contributed by atoms with Crippen LogP contribution in [0.25, 0.3) is 11.2 Å². The highest BCUT2D eigenvalue weighted by molar-refractivity contribution is 8.00. The Kier molecular flexibility index (Phi) is 13.5. The Morgan fingerprint density at radius 2 is 1.65 bits per heavy atom. The molecule has 2 aliphatic rings. The summed E-state index contributed by atoms with van der Waals surface area (Å²) in [6.45, 7) is 22.9. The number of thioether (sulfide) groups is 1. The first-order valence-corrected chi connectivity index (χ1v) is 24.2. The maximum atomic E-state index is 14.0. The van der Waals surface area contributed by atoms with Crippen molar-refractivity contribution in [2.75, 3.05) is 25.6 Å². The third kappa shape index (κ3) is 8.34. The molecule has 14 nitrogen and oxygen atoms in total. The fourth-order valence-corrected chi connectivity index (χ4v) is 20.6. The van der Waals surface area contributed by atoms with E-state index in [0.29, 0.717) is 5.75 Å². The van der Waals surface area contributed by atoms with Crippen LogP contribution in [0.5, 0.6) is 5.75 Å². The summed E-state index contributed by atoms with van der Waals surface area (Å²) in [4.78, 5) is 52.0. The lowest BCUT2D eigenvalue weighted by Crippen LogP contribution is -2.67. The molecule has 2 fully saturated rings. The van der Waals surface area contributed by atoms with Crippen molar-refractivity contribution < 1.29 is 36.8 Å². The largest absolute Gasteiger partial charge is 0.497 e. The number of aromatic amines is 1. The van der Waals surface area contributed by atoms with Gasteiger partial charge in [-0.25, -0.2) is 4.98 Å². The lowest BCUT2D eigenvalue weighted by molar-refractivity contribution is -0.145. The van der Waals surface area contributed by atoms with Crippen molar-refractivity contribution in [2.45, 2.75) is 134 Å². The lowest BCUT2D eigenvalue weighted by atomic mass is 9.94. The number of amides is 1. The van der Waals surface area contributed by atoms with E-state index in [1.807, 2.05) is 24.3 Å². The molecule has 2 saturated heterocycles. The maximum absolute atomic E-state index is 14.0. The van der Waals surface area contributed by atoms with Crippen LogP contribution in [0.3, 0.4) is 0 Å². The van der Waals surface area contributed by atoms with Gasteiger partial charge in [0.2, 0.25) is 11.9 Å². The third-order valence-corrected chi connectivity index (χ3v) is 22.5. The van der Waals surface area contributed by atoms with E-state index in [-0.39, 0.29) is 70.7 Å². The summed E-state index contributed by atoms with van der Waals surface area (Å²) in [6.07, 6.45) is -0.935. The van der Waals surface area contributed by atoms with Crippen LogP contribution in [0.2, 0.25) is 22.2 Å². The van der Waals surface area contributed by atoms with Crippen molar-refractivity contribution in [2.24, 2.45) is 5.92 Å². The number of rotatable bonds is 14. The van der Waals surface area contributed by atoms with Gasteiger partial charge in [0, 0.05) is 11.7 Å². The molecule has 2 aromatic heterocycles. The van der Waals surface area contributed by atoms with E-state index in [0.717, 1.165) is 11.3 Å². The average molecular weight is 818 g/mol. The molecule has 0 bridgehead atoms. The van der Waals surface area contributed by atoms with E-state index < -0.39 is 51.8 Å². The number of benzene rings is 1. The lowest BCUT2D eigenvalue weighted by Gasteiger charge is -2.52. The van der Waals surface area contributed by atoms with E-state index in [9.17, 15) is 14.4 Å². The van der Waals surface area contributed by atoms with Crippen LogP contribution in [0.15, 0.2) is 35.4 Å². The zero-order valence-electron chi connectivity index (χ0n) is 34.3. The van der Waals surface area contributed by atoms with Gasteiger partial charge in [0.1, 0.15) is 11.9 Å². The number of esters is 1. The summed E-state index contributed by atoms with van der Waals surface area (Å²) in [7, 11) is -4.56. The van der Waals surface area contributed by atoms with Gasteiger partial charge in [0.05, 0.1) is 43.9 Å². The molecule has 304 valence electrons. The number of carbonyl (C=O) groups is 2. The van der Waals surface area contributed by atoms with Gasteiger partial charge in [-0.3, -0.25) is 29.3 Å². The predicted octanol–water partition coefficient (Wildman–Crippen LogP) is 7.20. The average Bonchev–Trinajstić information content (AvgIpc) is 3.65. The first-order valence-electron chi connectivity index (χ1n) is 19.3. The Bertz CT molecular complexity index is 1850. The van der Waals surface area contributed by atoms with Gasteiger partial charge in [-0.05, 0) is 46.8 Å². The number of ether oxygens (including phenoxy) is 3. The summed E-state index contributed by atoms with van der Waals surface area (Å²) < 4.78 is 41.1. The Hall–Kier alpha value is -3.07. The highest BCUT2D eigenvalue weighted by Crippen LogP contribution is 2.57. The molecule has 4 heterocycles. The van der Waals surface area contributed by atoms with Crippen molar-refractivity contribution in [3.8, 4) is 5.75 Å². The molecule has 55 heavy (non-hydrogen) atoms. The van der Waals surface area contributed by atoms with Gasteiger partial charge in [0.25, 0.3) is 5.56 Å². The monoisotopic (exact) mass is 817 g/mol. The standard InChI is InChI=1S/C38H59N5O9SSi2/c1-13-48-30(44)18-38(53-20-27-14-16-28(47-12)17-15-27)32-29(19-49-54(23(4)5,24(6)7)52-55(51-32,25(8)9)26(10)11)50-36(38)43-21-39-31-33(43)40-37(42-35(31)46)41-34(45)22(2)3/h14-17,21-26,29,32,36H,13,18-20H2,1-12H3,(H2,40,41,42,45,46)/t29-,32-,36-,38-/m1/s1. The molecule has 0 radical (unpaired) electrons. The fraction of sp³-hybridized carbons (Fsp3) is 0.658. The Balaban J connectivity index is 1.77. The molecule has 5 rings (SSSR count). The van der Waals surface area contributed by atoms with E-state index in [4.69, 9.17) is 32.2 Å². The van der Waals surface area contributed by atoms with E-state index in [1.165, 1.54) is 18.1 Å². The predicted molar refractivity (Wildman–Crippen MR) is 218 cm³/mol. The Morgan fingerprint density at radius 1 is 1.02 bits per heavy atom. The van der Waals surface area contributed by atoms with E-state index in [2.05, 4.69) is 70.7 Å². The van der Waals surface area contributed by atoms with Crippen LogP contribution in [0.1, 0.15) is 94.4 Å². The number of nitrogens with one attached hydrogen (secondary N) is 2. The van der Waals surface area contributed by atoms with E-state index >= 15 is 0 Å². The minimum atomic E-state index is -3.23. The molecular weight excluding hydrogens is 759 g/mol. The highest BCUT2D eigenvalue weighted by atomic mass is 32.2. The maximum Gasteiger partial charge on any atom is 0.335 e. The fourth-order valence-electron chi connectivity index (χ4n) is 7.72. The van der Waals surface area contributed by atoms with Gasteiger partial charge >= 0.3 is 23.1 Å². The molecule has 0 aliphatic carbocycles. The molecular formula is C38H59N5O9SSi2. The number of methoxy groups -OCH3 is 1. The van der Waals surface area contributed by atoms with Crippen LogP contribution >= 0.6 is 11.8 Å². The van der Waals surface area contributed by atoms with Gasteiger partial charge in [-0.15, -0.1) is 11.8 Å². The van der Waals surface area contributed by atoms with Crippen molar-refractivity contribution in [1.29, 1.82) is 0 Å². The van der Waals surface area contributed by atoms with Gasteiger partial charge < -0.3 is 27.2 Å². The molecule has 0 unspecified atom stereocenters. The van der Waals surface area contributed by atoms with Crippen LogP contribution in [-0.4, -0.2) is 85.8 Å². The first kappa shape index (κ1) is 43.1. The number of aromatic nitrogens is 4. The molecule has 2 N–H and O–H groups in total. The number of H-pyrrole nitrogens is 1. The van der Waals surface area contributed by atoms with Crippen molar-refractivity contribution in [3.63, 3.8) is 0 Å². The zero-order valence-corrected chi connectivity index (χ0v) is 37.1. The van der Waals surface area contributed by atoms with Crippen LogP contribution in [0, 0.1) is 5.92 Å². The number of hydrogen-bond donors (Lipinski definition) is 2. The van der Waals surface area contributed by atoms with Crippen molar-refractivity contribution in [1.82, 2.24) is 19.5 Å². The van der Waals surface area contributed by atoms with E-state index in [1.54, 1.807) is 32.4 Å². The molecule has 0 spiro atoms. The first-order chi connectivity index (χ1) is 25.9. The number of nitrogens with zero attached hydrogens (tertiary/aromatic N) is 3. The van der Waals surface area contributed by atoms with Gasteiger partial charge in [-0.2, -0.15) is 4.98 Å². The number of carbonyl (C=O) groups excluding carboxylic acids is 2. The molecule has 1 amide bonds. The smallest absolute Gasteiger partial charge is 0.335 e. The molecule has 17 heteroatoms. The summed E-state index contributed by atoms with van der Waals surface area (Å²) >= 11 is 1.53. The molecule has 1 aromatic carbocycles. The van der Waals surface area contributed by atoms with Gasteiger partial charge in [-0.1, -0.05) is 81.4 Å². The van der Waals surface area contributed by atoms with Gasteiger partial charge in [0.15, 0.2) is 17.4 Å².